The van der Waals surface area contributed by atoms with Crippen molar-refractivity contribution < 1.29 is 0 Å². The maximum Gasteiger partial charge on any atom is 0.0388 e. The second kappa shape index (κ2) is 5.33. The second-order valence-corrected chi connectivity index (χ2v) is 6.49. The molecule has 1 saturated carbocycles. The molecule has 90 valence electrons. The SMILES string of the molecule is Cc1ccc(C(C)N[C@@H](C)C2CCCC2)s1. The summed E-state index contributed by atoms with van der Waals surface area (Å²) in [6.07, 6.45) is 5.71. The molecule has 2 heteroatoms. The first-order valence-corrected chi connectivity index (χ1v) is 7.31. The Bertz CT molecular complexity index is 325. The smallest absolute Gasteiger partial charge is 0.0388 e. The molecule has 0 radical (unpaired) electrons. The fourth-order valence-corrected chi connectivity index (χ4v) is 3.64. The minimum Gasteiger partial charge on any atom is -0.307 e. The van der Waals surface area contributed by atoms with Gasteiger partial charge in [0.1, 0.15) is 0 Å². The summed E-state index contributed by atoms with van der Waals surface area (Å²) >= 11 is 1.92. The van der Waals surface area contributed by atoms with Gasteiger partial charge in [0, 0.05) is 21.8 Å². The van der Waals surface area contributed by atoms with Gasteiger partial charge < -0.3 is 5.32 Å². The zero-order chi connectivity index (χ0) is 11.5. The molecule has 1 aliphatic carbocycles. The predicted octanol–water partition coefficient (Wildman–Crippen LogP) is 4.29. The van der Waals surface area contributed by atoms with Crippen molar-refractivity contribution in [3.63, 3.8) is 0 Å². The Morgan fingerprint density at radius 1 is 1.25 bits per heavy atom. The first-order chi connectivity index (χ1) is 7.66. The molecule has 1 aromatic heterocycles. The molecule has 2 atom stereocenters. The molecule has 0 aromatic carbocycles. The molecule has 16 heavy (non-hydrogen) atoms. The average molecular weight is 237 g/mol. The van der Waals surface area contributed by atoms with Gasteiger partial charge >= 0.3 is 0 Å². The molecule has 2 rings (SSSR count). The standard InChI is InChI=1S/C14H23NS/c1-10-8-9-14(16-10)12(3)15-11(2)13-6-4-5-7-13/h8-9,11-13,15H,4-7H2,1-3H3/t11-,12?/m0/s1. The van der Waals surface area contributed by atoms with Crippen LogP contribution in [0.25, 0.3) is 0 Å². The van der Waals surface area contributed by atoms with Crippen molar-refractivity contribution in [1.82, 2.24) is 5.32 Å². The Morgan fingerprint density at radius 3 is 2.50 bits per heavy atom. The number of nitrogens with one attached hydrogen (secondary N) is 1. The van der Waals surface area contributed by atoms with E-state index in [9.17, 15) is 0 Å². The minimum atomic E-state index is 0.509. The molecule has 0 bridgehead atoms. The van der Waals surface area contributed by atoms with Crippen LogP contribution in [0.4, 0.5) is 0 Å². The number of hydrogen-bond acceptors (Lipinski definition) is 2. The molecule has 1 heterocycles. The van der Waals surface area contributed by atoms with E-state index in [-0.39, 0.29) is 0 Å². The van der Waals surface area contributed by atoms with Crippen LogP contribution in [-0.2, 0) is 0 Å². The monoisotopic (exact) mass is 237 g/mol. The Balaban J connectivity index is 1.88. The van der Waals surface area contributed by atoms with Crippen LogP contribution in [0.5, 0.6) is 0 Å². The Hall–Kier alpha value is -0.340. The maximum absolute atomic E-state index is 3.76. The van der Waals surface area contributed by atoms with Crippen molar-refractivity contribution in [2.45, 2.75) is 58.5 Å². The summed E-state index contributed by atoms with van der Waals surface area (Å²) in [6.45, 7) is 6.82. The molecule has 0 spiro atoms. The molecule has 1 nitrogen and oxygen atoms in total. The van der Waals surface area contributed by atoms with Gasteiger partial charge in [-0.1, -0.05) is 12.8 Å². The third-order valence-corrected chi connectivity index (χ3v) is 4.99. The summed E-state index contributed by atoms with van der Waals surface area (Å²) in [5.74, 6) is 0.906. The number of aryl methyl sites for hydroxylation is 1. The van der Waals surface area contributed by atoms with E-state index >= 15 is 0 Å². The quantitative estimate of drug-likeness (QED) is 0.824. The van der Waals surface area contributed by atoms with Crippen LogP contribution in [0.1, 0.15) is 55.3 Å². The Kier molecular flexibility index (Phi) is 4.04. The van der Waals surface area contributed by atoms with Gasteiger partial charge in [0.15, 0.2) is 0 Å². The minimum absolute atomic E-state index is 0.509. The largest absolute Gasteiger partial charge is 0.307 e. The highest BCUT2D eigenvalue weighted by Gasteiger charge is 2.22. The van der Waals surface area contributed by atoms with Crippen molar-refractivity contribution in [1.29, 1.82) is 0 Å². The van der Waals surface area contributed by atoms with Crippen molar-refractivity contribution in [2.75, 3.05) is 0 Å². The lowest BCUT2D eigenvalue weighted by atomic mass is 9.99. The molecule has 1 unspecified atom stereocenters. The summed E-state index contributed by atoms with van der Waals surface area (Å²) in [5, 5.41) is 3.76. The van der Waals surface area contributed by atoms with Crippen LogP contribution in [-0.4, -0.2) is 6.04 Å². The van der Waals surface area contributed by atoms with Gasteiger partial charge in [-0.25, -0.2) is 0 Å². The molecule has 0 aliphatic heterocycles. The van der Waals surface area contributed by atoms with Gasteiger partial charge in [0.05, 0.1) is 0 Å². The summed E-state index contributed by atoms with van der Waals surface area (Å²) in [7, 11) is 0. The van der Waals surface area contributed by atoms with Crippen LogP contribution in [0, 0.1) is 12.8 Å². The molecule has 1 N–H and O–H groups in total. The van der Waals surface area contributed by atoms with Crippen molar-refractivity contribution in [3.8, 4) is 0 Å². The van der Waals surface area contributed by atoms with Crippen LogP contribution in [0.2, 0.25) is 0 Å². The van der Waals surface area contributed by atoms with E-state index in [0.717, 1.165) is 5.92 Å². The third kappa shape index (κ3) is 2.86. The normalized spacial score (nSPS) is 21.2. The number of thiophene rings is 1. The van der Waals surface area contributed by atoms with Crippen LogP contribution in [0.15, 0.2) is 12.1 Å². The van der Waals surface area contributed by atoms with E-state index in [1.165, 1.54) is 35.4 Å². The fourth-order valence-electron chi connectivity index (χ4n) is 2.76. The third-order valence-electron chi connectivity index (χ3n) is 3.81. The first-order valence-electron chi connectivity index (χ1n) is 6.49. The summed E-state index contributed by atoms with van der Waals surface area (Å²) in [4.78, 5) is 2.89. The maximum atomic E-state index is 3.76. The first kappa shape index (κ1) is 12.1. The molecular weight excluding hydrogens is 214 g/mol. The highest BCUT2D eigenvalue weighted by molar-refractivity contribution is 7.12. The van der Waals surface area contributed by atoms with Gasteiger partial charge in [-0.15, -0.1) is 11.3 Å². The Morgan fingerprint density at radius 2 is 1.94 bits per heavy atom. The van der Waals surface area contributed by atoms with Gasteiger partial charge in [0.25, 0.3) is 0 Å². The van der Waals surface area contributed by atoms with E-state index in [1.807, 2.05) is 11.3 Å². The zero-order valence-electron chi connectivity index (χ0n) is 10.6. The second-order valence-electron chi connectivity index (χ2n) is 5.17. The number of hydrogen-bond donors (Lipinski definition) is 1. The van der Waals surface area contributed by atoms with E-state index < -0.39 is 0 Å². The highest BCUT2D eigenvalue weighted by Crippen LogP contribution is 2.29. The van der Waals surface area contributed by atoms with Crippen molar-refractivity contribution >= 4 is 11.3 Å². The van der Waals surface area contributed by atoms with Crippen LogP contribution >= 0.6 is 11.3 Å². The van der Waals surface area contributed by atoms with E-state index in [1.54, 1.807) is 0 Å². The lowest BCUT2D eigenvalue weighted by molar-refractivity contribution is 0.354. The lowest BCUT2D eigenvalue weighted by Crippen LogP contribution is -2.33. The van der Waals surface area contributed by atoms with E-state index in [4.69, 9.17) is 0 Å². The van der Waals surface area contributed by atoms with Gasteiger partial charge in [-0.05, 0) is 51.7 Å². The molecule has 1 aromatic rings. The lowest BCUT2D eigenvalue weighted by Gasteiger charge is -2.24. The van der Waals surface area contributed by atoms with Gasteiger partial charge in [-0.2, -0.15) is 0 Å². The molecule has 0 saturated heterocycles. The summed E-state index contributed by atoms with van der Waals surface area (Å²) in [5.41, 5.74) is 0. The van der Waals surface area contributed by atoms with Gasteiger partial charge in [-0.3, -0.25) is 0 Å². The van der Waals surface area contributed by atoms with Crippen molar-refractivity contribution in [3.05, 3.63) is 21.9 Å². The molecule has 1 fully saturated rings. The van der Waals surface area contributed by atoms with E-state index in [0.29, 0.717) is 12.1 Å². The van der Waals surface area contributed by atoms with Crippen LogP contribution in [0.3, 0.4) is 0 Å². The fraction of sp³-hybridized carbons (Fsp3) is 0.714. The average Bonchev–Trinajstić information content (AvgIpc) is 2.87. The summed E-state index contributed by atoms with van der Waals surface area (Å²) < 4.78 is 0. The van der Waals surface area contributed by atoms with Crippen molar-refractivity contribution in [2.24, 2.45) is 5.92 Å². The number of rotatable bonds is 4. The molecular formula is C14H23NS. The van der Waals surface area contributed by atoms with E-state index in [2.05, 4.69) is 38.2 Å². The Labute approximate surface area is 103 Å². The molecule has 0 amide bonds. The topological polar surface area (TPSA) is 12.0 Å². The zero-order valence-corrected chi connectivity index (χ0v) is 11.4. The van der Waals surface area contributed by atoms with Crippen LogP contribution < -0.4 is 5.32 Å². The van der Waals surface area contributed by atoms with Gasteiger partial charge in [0.2, 0.25) is 0 Å². The highest BCUT2D eigenvalue weighted by atomic mass is 32.1. The summed E-state index contributed by atoms with van der Waals surface area (Å²) in [6, 6.07) is 5.66. The molecule has 1 aliphatic rings. The predicted molar refractivity (Wildman–Crippen MR) is 72.0 cm³/mol.